The molecule has 4 heteroatoms. The first-order valence-corrected chi connectivity index (χ1v) is 5.55. The molecule has 0 spiro atoms. The molecule has 0 heterocycles. The fraction of sp³-hybridized carbons (Fsp3) is 0.364. The molecular weight excluding hydrogens is 208 g/mol. The molecule has 1 atom stereocenters. The van der Waals surface area contributed by atoms with E-state index in [1.54, 1.807) is 0 Å². The van der Waals surface area contributed by atoms with Crippen LogP contribution in [-0.2, 0) is 11.3 Å². The summed E-state index contributed by atoms with van der Waals surface area (Å²) < 4.78 is 0. The van der Waals surface area contributed by atoms with Gasteiger partial charge < -0.3 is 11.1 Å². The molecule has 1 aromatic carbocycles. The monoisotopic (exact) mass is 224 g/mol. The molecular formula is C11H16N2OS. The highest BCUT2D eigenvalue weighted by Gasteiger charge is 2.11. The Hall–Kier alpha value is -1.00. The van der Waals surface area contributed by atoms with Crippen molar-refractivity contribution in [1.29, 1.82) is 0 Å². The lowest BCUT2D eigenvalue weighted by Crippen LogP contribution is -2.40. The van der Waals surface area contributed by atoms with E-state index in [1.807, 2.05) is 30.3 Å². The number of nitrogens with one attached hydrogen (secondary N) is 1. The van der Waals surface area contributed by atoms with E-state index < -0.39 is 6.04 Å². The normalized spacial score (nSPS) is 12.1. The number of amides is 1. The van der Waals surface area contributed by atoms with Gasteiger partial charge in [0.05, 0.1) is 6.04 Å². The van der Waals surface area contributed by atoms with Crippen molar-refractivity contribution in [2.24, 2.45) is 5.73 Å². The largest absolute Gasteiger partial charge is 0.351 e. The standard InChI is InChI=1S/C11H16N2OS/c12-10(6-7-15)11(14)13-8-9-4-2-1-3-5-9/h1-5,10,15H,6-8,12H2,(H,13,14). The first-order valence-electron chi connectivity index (χ1n) is 4.92. The van der Waals surface area contributed by atoms with Gasteiger partial charge in [0.1, 0.15) is 0 Å². The van der Waals surface area contributed by atoms with E-state index >= 15 is 0 Å². The topological polar surface area (TPSA) is 55.1 Å². The number of hydrogen-bond acceptors (Lipinski definition) is 3. The highest BCUT2D eigenvalue weighted by molar-refractivity contribution is 7.80. The van der Waals surface area contributed by atoms with Crippen molar-refractivity contribution in [1.82, 2.24) is 5.32 Å². The molecule has 3 nitrogen and oxygen atoms in total. The van der Waals surface area contributed by atoms with Crippen LogP contribution in [0.1, 0.15) is 12.0 Å². The number of rotatable bonds is 5. The zero-order valence-electron chi connectivity index (χ0n) is 8.52. The maximum absolute atomic E-state index is 11.4. The van der Waals surface area contributed by atoms with Crippen molar-refractivity contribution < 1.29 is 4.79 Å². The van der Waals surface area contributed by atoms with Crippen LogP contribution in [0.25, 0.3) is 0 Å². The number of carbonyl (C=O) groups excluding carboxylic acids is 1. The second kappa shape index (κ2) is 6.48. The molecule has 0 aliphatic heterocycles. The lowest BCUT2D eigenvalue weighted by Gasteiger charge is -2.10. The smallest absolute Gasteiger partial charge is 0.237 e. The van der Waals surface area contributed by atoms with Gasteiger partial charge in [-0.05, 0) is 17.7 Å². The average molecular weight is 224 g/mol. The number of nitrogens with two attached hydrogens (primary N) is 1. The van der Waals surface area contributed by atoms with Gasteiger partial charge in [-0.25, -0.2) is 0 Å². The van der Waals surface area contributed by atoms with Crippen LogP contribution in [0.2, 0.25) is 0 Å². The van der Waals surface area contributed by atoms with E-state index in [9.17, 15) is 4.79 Å². The van der Waals surface area contributed by atoms with Crippen molar-refractivity contribution in [3.63, 3.8) is 0 Å². The van der Waals surface area contributed by atoms with Gasteiger partial charge in [0, 0.05) is 6.54 Å². The van der Waals surface area contributed by atoms with Crippen LogP contribution in [0.4, 0.5) is 0 Å². The maximum atomic E-state index is 11.4. The van der Waals surface area contributed by atoms with E-state index in [-0.39, 0.29) is 5.91 Å². The Morgan fingerprint density at radius 1 is 1.40 bits per heavy atom. The lowest BCUT2D eigenvalue weighted by molar-refractivity contribution is -0.122. The van der Waals surface area contributed by atoms with Crippen molar-refractivity contribution in [2.45, 2.75) is 19.0 Å². The van der Waals surface area contributed by atoms with Crippen LogP contribution in [-0.4, -0.2) is 17.7 Å². The summed E-state index contributed by atoms with van der Waals surface area (Å²) in [6.45, 7) is 0.528. The summed E-state index contributed by atoms with van der Waals surface area (Å²) in [6.07, 6.45) is 0.601. The Morgan fingerprint density at radius 2 is 2.07 bits per heavy atom. The zero-order valence-corrected chi connectivity index (χ0v) is 9.41. The molecule has 0 fully saturated rings. The van der Waals surface area contributed by atoms with E-state index in [1.165, 1.54) is 0 Å². The van der Waals surface area contributed by atoms with Gasteiger partial charge in [-0.3, -0.25) is 4.79 Å². The molecule has 3 N–H and O–H groups in total. The van der Waals surface area contributed by atoms with Crippen molar-refractivity contribution >= 4 is 18.5 Å². The van der Waals surface area contributed by atoms with Gasteiger partial charge in [0.25, 0.3) is 0 Å². The third-order valence-corrected chi connectivity index (χ3v) is 2.34. The molecule has 0 saturated carbocycles. The van der Waals surface area contributed by atoms with Gasteiger partial charge in [-0.2, -0.15) is 12.6 Å². The summed E-state index contributed by atoms with van der Waals surface area (Å²) >= 11 is 4.03. The highest BCUT2D eigenvalue weighted by Crippen LogP contribution is 1.98. The SMILES string of the molecule is NC(CCS)C(=O)NCc1ccccc1. The van der Waals surface area contributed by atoms with Gasteiger partial charge >= 0.3 is 0 Å². The molecule has 1 aromatic rings. The predicted molar refractivity (Wildman–Crippen MR) is 64.7 cm³/mol. The van der Waals surface area contributed by atoms with Gasteiger partial charge in [-0.1, -0.05) is 30.3 Å². The third-order valence-electron chi connectivity index (χ3n) is 2.09. The second-order valence-corrected chi connectivity index (χ2v) is 3.77. The minimum atomic E-state index is -0.453. The molecule has 1 rings (SSSR count). The zero-order chi connectivity index (χ0) is 11.1. The van der Waals surface area contributed by atoms with E-state index in [0.29, 0.717) is 18.7 Å². The number of carbonyl (C=O) groups is 1. The number of benzene rings is 1. The van der Waals surface area contributed by atoms with Crippen LogP contribution in [0.15, 0.2) is 30.3 Å². The van der Waals surface area contributed by atoms with Gasteiger partial charge in [0.2, 0.25) is 5.91 Å². The third kappa shape index (κ3) is 4.36. The summed E-state index contributed by atoms with van der Waals surface area (Å²) in [7, 11) is 0. The Labute approximate surface area is 95.5 Å². The Balaban J connectivity index is 2.34. The van der Waals surface area contributed by atoms with Crippen LogP contribution in [0.3, 0.4) is 0 Å². The summed E-state index contributed by atoms with van der Waals surface area (Å²) in [6, 6.07) is 9.29. The van der Waals surface area contributed by atoms with E-state index in [4.69, 9.17) is 5.73 Å². The fourth-order valence-electron chi connectivity index (χ4n) is 1.19. The average Bonchev–Trinajstić information content (AvgIpc) is 2.27. The minimum absolute atomic E-state index is 0.118. The molecule has 0 aromatic heterocycles. The summed E-state index contributed by atoms with van der Waals surface area (Å²) in [5.74, 6) is 0.507. The lowest BCUT2D eigenvalue weighted by atomic mass is 10.2. The first-order chi connectivity index (χ1) is 7.24. The van der Waals surface area contributed by atoms with Crippen LogP contribution < -0.4 is 11.1 Å². The second-order valence-electron chi connectivity index (χ2n) is 3.32. The molecule has 0 saturated heterocycles. The fourth-order valence-corrected chi connectivity index (χ4v) is 1.46. The van der Waals surface area contributed by atoms with E-state index in [0.717, 1.165) is 5.56 Å². The minimum Gasteiger partial charge on any atom is -0.351 e. The summed E-state index contributed by atoms with van der Waals surface area (Å²) in [5.41, 5.74) is 6.70. The summed E-state index contributed by atoms with van der Waals surface area (Å²) in [5, 5.41) is 2.79. The Morgan fingerprint density at radius 3 is 2.67 bits per heavy atom. The Kier molecular flexibility index (Phi) is 5.21. The van der Waals surface area contributed by atoms with Crippen LogP contribution in [0, 0.1) is 0 Å². The highest BCUT2D eigenvalue weighted by atomic mass is 32.1. The van der Waals surface area contributed by atoms with Crippen LogP contribution in [0.5, 0.6) is 0 Å². The van der Waals surface area contributed by atoms with Crippen molar-refractivity contribution in [3.8, 4) is 0 Å². The molecule has 0 radical (unpaired) electrons. The maximum Gasteiger partial charge on any atom is 0.237 e. The molecule has 0 aliphatic rings. The molecule has 1 unspecified atom stereocenters. The van der Waals surface area contributed by atoms with Gasteiger partial charge in [-0.15, -0.1) is 0 Å². The quantitative estimate of drug-likeness (QED) is 0.652. The first kappa shape index (κ1) is 12.1. The molecule has 0 aliphatic carbocycles. The van der Waals surface area contributed by atoms with E-state index in [2.05, 4.69) is 17.9 Å². The van der Waals surface area contributed by atoms with Gasteiger partial charge in [0.15, 0.2) is 0 Å². The van der Waals surface area contributed by atoms with Crippen LogP contribution >= 0.6 is 12.6 Å². The number of hydrogen-bond donors (Lipinski definition) is 3. The number of thiol groups is 1. The molecule has 0 bridgehead atoms. The molecule has 1 amide bonds. The Bertz CT molecular complexity index is 303. The van der Waals surface area contributed by atoms with Crippen molar-refractivity contribution in [2.75, 3.05) is 5.75 Å². The summed E-state index contributed by atoms with van der Waals surface area (Å²) in [4.78, 5) is 11.4. The predicted octanol–water partition coefficient (Wildman–Crippen LogP) is 0.950. The van der Waals surface area contributed by atoms with Crippen molar-refractivity contribution in [3.05, 3.63) is 35.9 Å². The molecule has 82 valence electrons. The molecule has 15 heavy (non-hydrogen) atoms.